The average molecular weight is 456 g/mol. The van der Waals surface area contributed by atoms with Crippen molar-refractivity contribution >= 4 is 28.7 Å². The highest BCUT2D eigenvalue weighted by molar-refractivity contribution is 6.08. The van der Waals surface area contributed by atoms with Gasteiger partial charge in [-0.2, -0.15) is 0 Å². The molecule has 4 aromatic rings. The maximum Gasteiger partial charge on any atom is 0.329 e. The minimum Gasteiger partial charge on any atom is -0.311 e. The molecule has 0 spiro atoms. The van der Waals surface area contributed by atoms with E-state index in [2.05, 4.69) is 15.3 Å². The molecular weight excluding hydrogens is 430 g/mol. The number of amides is 3. The van der Waals surface area contributed by atoms with Gasteiger partial charge in [0.2, 0.25) is 0 Å². The Balaban J connectivity index is 1.69. The van der Waals surface area contributed by atoms with Crippen LogP contribution in [0.15, 0.2) is 59.7 Å². The average Bonchev–Trinajstić information content (AvgIpc) is 2.81. The molecular formula is C26H25N5O3. The first kappa shape index (κ1) is 22.8. The number of carbonyl (C=O) groups is 2. The number of hydrogen-bond acceptors (Lipinski definition) is 5. The largest absolute Gasteiger partial charge is 0.329 e. The third kappa shape index (κ3) is 4.30. The van der Waals surface area contributed by atoms with Crippen molar-refractivity contribution in [3.05, 3.63) is 87.6 Å². The molecule has 0 saturated carbocycles. The molecule has 0 unspecified atom stereocenters. The molecule has 0 aliphatic carbocycles. The monoisotopic (exact) mass is 455 g/mol. The Morgan fingerprint density at radius 1 is 0.971 bits per heavy atom. The van der Waals surface area contributed by atoms with E-state index in [9.17, 15) is 14.4 Å². The summed E-state index contributed by atoms with van der Waals surface area (Å²) in [6.07, 6.45) is 3.31. The van der Waals surface area contributed by atoms with Gasteiger partial charge in [-0.15, -0.1) is 0 Å². The number of nitrogens with zero attached hydrogens (tertiary/aromatic N) is 4. The fourth-order valence-electron chi connectivity index (χ4n) is 3.79. The quantitative estimate of drug-likeness (QED) is 0.499. The highest BCUT2D eigenvalue weighted by Crippen LogP contribution is 2.25. The molecule has 0 radical (unpaired) electrons. The smallest absolute Gasteiger partial charge is 0.311 e. The summed E-state index contributed by atoms with van der Waals surface area (Å²) < 4.78 is 1.59. The van der Waals surface area contributed by atoms with Crippen LogP contribution in [0.5, 0.6) is 0 Å². The van der Waals surface area contributed by atoms with Crippen LogP contribution in [-0.2, 0) is 7.05 Å². The Morgan fingerprint density at radius 3 is 2.47 bits per heavy atom. The fourth-order valence-corrected chi connectivity index (χ4v) is 3.79. The molecule has 0 atom stereocenters. The highest BCUT2D eigenvalue weighted by atomic mass is 16.2. The predicted molar refractivity (Wildman–Crippen MR) is 132 cm³/mol. The van der Waals surface area contributed by atoms with Gasteiger partial charge < -0.3 is 4.57 Å². The van der Waals surface area contributed by atoms with E-state index in [1.807, 2.05) is 32.9 Å². The number of anilines is 1. The van der Waals surface area contributed by atoms with Gasteiger partial charge in [-0.25, -0.2) is 9.78 Å². The van der Waals surface area contributed by atoms with Gasteiger partial charge in [0, 0.05) is 48.7 Å². The van der Waals surface area contributed by atoms with Crippen molar-refractivity contribution in [2.45, 2.75) is 20.8 Å². The molecule has 3 heterocycles. The number of aryl methyl sites for hydroxylation is 4. The van der Waals surface area contributed by atoms with Gasteiger partial charge in [0.1, 0.15) is 5.82 Å². The first-order valence-corrected chi connectivity index (χ1v) is 10.7. The number of nitrogens with one attached hydrogen (secondary N) is 1. The first-order chi connectivity index (χ1) is 16.2. The van der Waals surface area contributed by atoms with Gasteiger partial charge in [0.05, 0.1) is 5.52 Å². The highest BCUT2D eigenvalue weighted by Gasteiger charge is 2.21. The third-order valence-electron chi connectivity index (χ3n) is 5.78. The van der Waals surface area contributed by atoms with Crippen LogP contribution in [0.2, 0.25) is 0 Å². The molecule has 0 bridgehead atoms. The maximum atomic E-state index is 13.2. The van der Waals surface area contributed by atoms with Crippen molar-refractivity contribution in [3.8, 4) is 11.1 Å². The number of aromatic nitrogens is 3. The van der Waals surface area contributed by atoms with Gasteiger partial charge in [-0.3, -0.25) is 24.8 Å². The summed E-state index contributed by atoms with van der Waals surface area (Å²) in [5.41, 5.74) is 4.58. The lowest BCUT2D eigenvalue weighted by molar-refractivity contribution is 0.0841. The van der Waals surface area contributed by atoms with Gasteiger partial charge in [0.15, 0.2) is 0 Å². The minimum atomic E-state index is -0.603. The van der Waals surface area contributed by atoms with Crippen LogP contribution < -0.4 is 10.9 Å². The van der Waals surface area contributed by atoms with E-state index in [0.29, 0.717) is 22.5 Å². The van der Waals surface area contributed by atoms with Crippen LogP contribution in [-0.4, -0.2) is 38.4 Å². The zero-order valence-corrected chi connectivity index (χ0v) is 19.7. The normalized spacial score (nSPS) is 10.9. The molecule has 0 fully saturated rings. The Morgan fingerprint density at radius 2 is 1.74 bits per heavy atom. The van der Waals surface area contributed by atoms with Crippen LogP contribution in [0.25, 0.3) is 22.0 Å². The number of rotatable bonds is 3. The van der Waals surface area contributed by atoms with E-state index < -0.39 is 11.9 Å². The first-order valence-electron chi connectivity index (χ1n) is 10.7. The number of carbonyl (C=O) groups excluding carboxylic acids is 2. The number of benzene rings is 1. The van der Waals surface area contributed by atoms with E-state index in [1.165, 1.54) is 7.05 Å². The van der Waals surface area contributed by atoms with Crippen LogP contribution in [0.4, 0.5) is 10.6 Å². The van der Waals surface area contributed by atoms with Crippen molar-refractivity contribution in [2.24, 2.45) is 7.05 Å². The Labute approximate surface area is 196 Å². The standard InChI is InChI=1S/C26H25N5O3/c1-15-8-9-27-23(10-15)29-26(34)31(5)24(32)18-7-6-16(2)20(12-18)21-13-19-14-28-17(3)11-22(19)30(4)25(21)33/h6-14H,1-5H3,(H,27,29,34). The molecule has 0 aliphatic rings. The third-order valence-corrected chi connectivity index (χ3v) is 5.78. The second-order valence-corrected chi connectivity index (χ2v) is 8.35. The molecule has 0 saturated heterocycles. The Bertz CT molecular complexity index is 1510. The molecule has 1 aromatic carbocycles. The summed E-state index contributed by atoms with van der Waals surface area (Å²) in [5.74, 6) is -0.140. The van der Waals surface area contributed by atoms with Crippen LogP contribution >= 0.6 is 0 Å². The summed E-state index contributed by atoms with van der Waals surface area (Å²) in [5, 5.41) is 3.45. The number of imide groups is 1. The lowest BCUT2D eigenvalue weighted by Gasteiger charge is -2.17. The molecule has 3 amide bonds. The summed E-state index contributed by atoms with van der Waals surface area (Å²) in [6.45, 7) is 5.63. The van der Waals surface area contributed by atoms with E-state index in [-0.39, 0.29) is 5.56 Å². The summed E-state index contributed by atoms with van der Waals surface area (Å²) in [7, 11) is 3.12. The zero-order valence-electron chi connectivity index (χ0n) is 19.7. The van der Waals surface area contributed by atoms with E-state index in [4.69, 9.17) is 0 Å². The lowest BCUT2D eigenvalue weighted by atomic mass is 9.97. The number of fused-ring (bicyclic) bond motifs is 1. The fraction of sp³-hybridized carbons (Fsp3) is 0.192. The molecule has 0 aliphatic heterocycles. The van der Waals surface area contributed by atoms with Crippen molar-refractivity contribution in [2.75, 3.05) is 12.4 Å². The summed E-state index contributed by atoms with van der Waals surface area (Å²) >= 11 is 0. The summed E-state index contributed by atoms with van der Waals surface area (Å²) in [4.78, 5) is 48.3. The topological polar surface area (TPSA) is 97.2 Å². The second kappa shape index (κ2) is 8.90. The number of pyridine rings is 3. The van der Waals surface area contributed by atoms with Crippen LogP contribution in [0.3, 0.4) is 0 Å². The van der Waals surface area contributed by atoms with Gasteiger partial charge in [-0.05, 0) is 73.9 Å². The van der Waals surface area contributed by atoms with Crippen molar-refractivity contribution in [1.82, 2.24) is 19.4 Å². The van der Waals surface area contributed by atoms with E-state index in [1.54, 1.807) is 54.3 Å². The van der Waals surface area contributed by atoms with Gasteiger partial charge in [-0.1, -0.05) is 6.07 Å². The van der Waals surface area contributed by atoms with E-state index >= 15 is 0 Å². The van der Waals surface area contributed by atoms with Crippen molar-refractivity contribution < 1.29 is 9.59 Å². The van der Waals surface area contributed by atoms with Crippen molar-refractivity contribution in [3.63, 3.8) is 0 Å². The SMILES string of the molecule is Cc1ccnc(NC(=O)N(C)C(=O)c2ccc(C)c(-c3cc4cnc(C)cc4n(C)c3=O)c2)c1. The van der Waals surface area contributed by atoms with Crippen LogP contribution in [0.1, 0.15) is 27.2 Å². The molecule has 8 heteroatoms. The molecule has 172 valence electrons. The van der Waals surface area contributed by atoms with E-state index in [0.717, 1.165) is 32.6 Å². The molecule has 4 rings (SSSR count). The Hall–Kier alpha value is -4.33. The van der Waals surface area contributed by atoms with Gasteiger partial charge >= 0.3 is 6.03 Å². The summed E-state index contributed by atoms with van der Waals surface area (Å²) in [6, 6.07) is 11.6. The number of hydrogen-bond donors (Lipinski definition) is 1. The Kier molecular flexibility index (Phi) is 5.98. The molecule has 3 aromatic heterocycles. The predicted octanol–water partition coefficient (Wildman–Crippen LogP) is 4.22. The maximum absolute atomic E-state index is 13.2. The molecule has 8 nitrogen and oxygen atoms in total. The van der Waals surface area contributed by atoms with Gasteiger partial charge in [0.25, 0.3) is 11.5 Å². The zero-order chi connectivity index (χ0) is 24.6. The minimum absolute atomic E-state index is 0.178. The number of urea groups is 1. The lowest BCUT2D eigenvalue weighted by Crippen LogP contribution is -2.36. The van der Waals surface area contributed by atoms with Crippen molar-refractivity contribution in [1.29, 1.82) is 0 Å². The van der Waals surface area contributed by atoms with Crippen LogP contribution in [0, 0.1) is 20.8 Å². The molecule has 1 N–H and O–H groups in total. The molecule has 34 heavy (non-hydrogen) atoms. The second-order valence-electron chi connectivity index (χ2n) is 8.35.